The molecule has 1 saturated heterocycles. The van der Waals surface area contributed by atoms with Crippen molar-refractivity contribution in [2.24, 2.45) is 0 Å². The Kier molecular flexibility index (Phi) is 8.49. The third-order valence-electron chi connectivity index (χ3n) is 6.49. The van der Waals surface area contributed by atoms with Crippen molar-refractivity contribution in [1.29, 1.82) is 0 Å². The molecule has 0 unspecified atom stereocenters. The molecule has 0 aliphatic carbocycles. The van der Waals surface area contributed by atoms with E-state index in [0.29, 0.717) is 25.8 Å². The van der Waals surface area contributed by atoms with Crippen LogP contribution in [0.5, 0.6) is 0 Å². The fourth-order valence-electron chi connectivity index (χ4n) is 4.65. The second-order valence-electron chi connectivity index (χ2n) is 8.86. The van der Waals surface area contributed by atoms with Crippen LogP contribution < -0.4 is 0 Å². The number of nitrogens with one attached hydrogen (secondary N) is 1. The van der Waals surface area contributed by atoms with E-state index in [1.54, 1.807) is 29.2 Å². The second kappa shape index (κ2) is 12.2. The SMILES string of the molecule is CCOC(=O)[C@H](Cc1ccccc1)N1CCN(C(=O)CCc2cnc[nH]2)[C@@H](Cc2ccccc2)C1=O. The van der Waals surface area contributed by atoms with E-state index in [1.807, 2.05) is 60.7 Å². The van der Waals surface area contributed by atoms with Crippen LogP contribution in [0.1, 0.15) is 30.2 Å². The number of aryl methyl sites for hydroxylation is 1. The van der Waals surface area contributed by atoms with Crippen molar-refractivity contribution >= 4 is 17.8 Å². The van der Waals surface area contributed by atoms with Crippen molar-refractivity contribution < 1.29 is 19.1 Å². The van der Waals surface area contributed by atoms with Crippen LogP contribution in [0.4, 0.5) is 0 Å². The van der Waals surface area contributed by atoms with Crippen LogP contribution in [0.3, 0.4) is 0 Å². The summed E-state index contributed by atoms with van der Waals surface area (Å²) in [6.07, 6.45) is 4.81. The highest BCUT2D eigenvalue weighted by Gasteiger charge is 2.42. The average molecular weight is 489 g/mol. The lowest BCUT2D eigenvalue weighted by atomic mass is 9.97. The fourth-order valence-corrected chi connectivity index (χ4v) is 4.65. The first kappa shape index (κ1) is 25.2. The number of imidazole rings is 1. The number of ether oxygens (including phenoxy) is 1. The van der Waals surface area contributed by atoms with E-state index >= 15 is 0 Å². The van der Waals surface area contributed by atoms with Crippen molar-refractivity contribution in [3.8, 4) is 0 Å². The van der Waals surface area contributed by atoms with Gasteiger partial charge in [0, 0.05) is 44.2 Å². The van der Waals surface area contributed by atoms with E-state index in [4.69, 9.17) is 4.74 Å². The Morgan fingerprint density at radius 2 is 1.75 bits per heavy atom. The van der Waals surface area contributed by atoms with Crippen molar-refractivity contribution in [1.82, 2.24) is 19.8 Å². The van der Waals surface area contributed by atoms with Crippen LogP contribution in [-0.4, -0.2) is 69.3 Å². The van der Waals surface area contributed by atoms with Crippen molar-refractivity contribution in [2.45, 2.75) is 44.7 Å². The molecule has 1 fully saturated rings. The first-order valence-electron chi connectivity index (χ1n) is 12.4. The molecule has 0 radical (unpaired) electrons. The minimum absolute atomic E-state index is 0.0886. The van der Waals surface area contributed by atoms with Crippen molar-refractivity contribution in [3.05, 3.63) is 90.0 Å². The number of H-pyrrole nitrogens is 1. The zero-order valence-corrected chi connectivity index (χ0v) is 20.5. The minimum atomic E-state index is -0.750. The van der Waals surface area contributed by atoms with Crippen LogP contribution in [0.2, 0.25) is 0 Å². The van der Waals surface area contributed by atoms with E-state index in [-0.39, 0.29) is 31.4 Å². The number of hydrogen-bond donors (Lipinski definition) is 1. The van der Waals surface area contributed by atoms with Gasteiger partial charge in [-0.25, -0.2) is 9.78 Å². The smallest absolute Gasteiger partial charge is 0.329 e. The molecule has 188 valence electrons. The first-order valence-corrected chi connectivity index (χ1v) is 12.4. The summed E-state index contributed by atoms with van der Waals surface area (Å²) in [5.41, 5.74) is 2.78. The number of carbonyl (C=O) groups excluding carboxylic acids is 3. The molecule has 1 N–H and O–H groups in total. The fraction of sp³-hybridized carbons (Fsp3) is 0.357. The van der Waals surface area contributed by atoms with Gasteiger partial charge in [-0.1, -0.05) is 60.7 Å². The lowest BCUT2D eigenvalue weighted by molar-refractivity contribution is -0.162. The monoisotopic (exact) mass is 488 g/mol. The molecule has 8 nitrogen and oxygen atoms in total. The highest BCUT2D eigenvalue weighted by Crippen LogP contribution is 2.22. The number of piperazine rings is 1. The minimum Gasteiger partial charge on any atom is -0.464 e. The Morgan fingerprint density at radius 3 is 2.39 bits per heavy atom. The molecular weight excluding hydrogens is 456 g/mol. The number of hydrogen-bond acceptors (Lipinski definition) is 5. The molecule has 1 aliphatic heterocycles. The summed E-state index contributed by atoms with van der Waals surface area (Å²) in [7, 11) is 0. The van der Waals surface area contributed by atoms with Gasteiger partial charge in [0.05, 0.1) is 12.9 Å². The number of amides is 2. The van der Waals surface area contributed by atoms with Gasteiger partial charge >= 0.3 is 5.97 Å². The van der Waals surface area contributed by atoms with Gasteiger partial charge in [0.2, 0.25) is 11.8 Å². The van der Waals surface area contributed by atoms with Gasteiger partial charge in [-0.3, -0.25) is 9.59 Å². The summed E-state index contributed by atoms with van der Waals surface area (Å²) < 4.78 is 5.36. The summed E-state index contributed by atoms with van der Waals surface area (Å²) >= 11 is 0. The van der Waals surface area contributed by atoms with Gasteiger partial charge < -0.3 is 19.5 Å². The number of aromatic nitrogens is 2. The lowest BCUT2D eigenvalue weighted by Gasteiger charge is -2.43. The molecule has 2 atom stereocenters. The third-order valence-corrected chi connectivity index (χ3v) is 6.49. The Labute approximate surface area is 211 Å². The largest absolute Gasteiger partial charge is 0.464 e. The number of carbonyl (C=O) groups is 3. The maximum absolute atomic E-state index is 13.9. The van der Waals surface area contributed by atoms with Gasteiger partial charge in [-0.05, 0) is 24.5 Å². The molecule has 0 spiro atoms. The zero-order valence-electron chi connectivity index (χ0n) is 20.5. The van der Waals surface area contributed by atoms with Gasteiger partial charge in [0.1, 0.15) is 12.1 Å². The maximum atomic E-state index is 13.9. The highest BCUT2D eigenvalue weighted by molar-refractivity contribution is 5.92. The molecule has 2 amide bonds. The number of esters is 1. The second-order valence-corrected chi connectivity index (χ2v) is 8.86. The quantitative estimate of drug-likeness (QED) is 0.443. The van der Waals surface area contributed by atoms with Gasteiger partial charge in [-0.15, -0.1) is 0 Å². The molecule has 1 aliphatic rings. The van der Waals surface area contributed by atoms with E-state index in [2.05, 4.69) is 9.97 Å². The lowest BCUT2D eigenvalue weighted by Crippen LogP contribution is -2.63. The van der Waals surface area contributed by atoms with Gasteiger partial charge in [0.25, 0.3) is 0 Å². The van der Waals surface area contributed by atoms with Gasteiger partial charge in [-0.2, -0.15) is 0 Å². The number of nitrogens with zero attached hydrogens (tertiary/aromatic N) is 3. The first-order chi connectivity index (χ1) is 17.6. The predicted molar refractivity (Wildman–Crippen MR) is 135 cm³/mol. The third kappa shape index (κ3) is 6.19. The van der Waals surface area contributed by atoms with E-state index in [0.717, 1.165) is 16.8 Å². The molecule has 0 bridgehead atoms. The normalized spacial score (nSPS) is 16.6. The molecule has 1 aromatic heterocycles. The van der Waals surface area contributed by atoms with Gasteiger partial charge in [0.15, 0.2) is 0 Å². The average Bonchev–Trinajstić information content (AvgIpc) is 3.42. The summed E-state index contributed by atoms with van der Waals surface area (Å²) in [4.78, 5) is 50.5. The summed E-state index contributed by atoms with van der Waals surface area (Å²) in [5.74, 6) is -0.740. The van der Waals surface area contributed by atoms with Crippen molar-refractivity contribution in [3.63, 3.8) is 0 Å². The van der Waals surface area contributed by atoms with E-state index < -0.39 is 18.1 Å². The van der Waals surface area contributed by atoms with Crippen molar-refractivity contribution in [2.75, 3.05) is 19.7 Å². The molecule has 8 heteroatoms. The van der Waals surface area contributed by atoms with Crippen LogP contribution in [0.15, 0.2) is 73.2 Å². The zero-order chi connectivity index (χ0) is 25.3. The van der Waals surface area contributed by atoms with Crippen LogP contribution in [0.25, 0.3) is 0 Å². The summed E-state index contributed by atoms with van der Waals surface area (Å²) in [6, 6.07) is 17.8. The Morgan fingerprint density at radius 1 is 1.06 bits per heavy atom. The Balaban J connectivity index is 1.57. The molecule has 2 heterocycles. The van der Waals surface area contributed by atoms with Crippen LogP contribution in [-0.2, 0) is 38.4 Å². The van der Waals surface area contributed by atoms with E-state index in [1.165, 1.54) is 0 Å². The predicted octanol–water partition coefficient (Wildman–Crippen LogP) is 2.80. The van der Waals surface area contributed by atoms with E-state index in [9.17, 15) is 14.4 Å². The number of aromatic amines is 1. The molecule has 2 aromatic carbocycles. The molecule has 4 rings (SSSR count). The van der Waals surface area contributed by atoms with Crippen LogP contribution in [0, 0.1) is 0 Å². The summed E-state index contributed by atoms with van der Waals surface area (Å²) in [6.45, 7) is 2.62. The number of rotatable bonds is 10. The summed E-state index contributed by atoms with van der Waals surface area (Å²) in [5, 5.41) is 0. The van der Waals surface area contributed by atoms with Crippen LogP contribution >= 0.6 is 0 Å². The Hall–Kier alpha value is -3.94. The molecular formula is C28H32N4O4. The number of benzene rings is 2. The standard InChI is InChI=1S/C28H32N4O4/c1-2-36-28(35)25(18-22-11-7-4-8-12-22)32-16-15-31(26(33)14-13-23-19-29-20-30-23)24(27(32)34)17-21-9-5-3-6-10-21/h3-12,19-20,24-25H,2,13-18H2,1H3,(H,29,30)/t24-,25-/m0/s1. The topological polar surface area (TPSA) is 95.6 Å². The molecule has 3 aromatic rings. The Bertz CT molecular complexity index is 1130. The maximum Gasteiger partial charge on any atom is 0.329 e. The molecule has 36 heavy (non-hydrogen) atoms. The molecule has 0 saturated carbocycles. The highest BCUT2D eigenvalue weighted by atomic mass is 16.5.